The van der Waals surface area contributed by atoms with Gasteiger partial charge in [0.05, 0.1) is 6.20 Å². The first-order valence-electron chi connectivity index (χ1n) is 6.78. The van der Waals surface area contributed by atoms with Crippen molar-refractivity contribution < 1.29 is 8.42 Å². The highest BCUT2D eigenvalue weighted by Crippen LogP contribution is 2.25. The minimum atomic E-state index is -3.41. The summed E-state index contributed by atoms with van der Waals surface area (Å²) in [4.78, 5) is 0.293. The van der Waals surface area contributed by atoms with Gasteiger partial charge in [0, 0.05) is 31.6 Å². The summed E-state index contributed by atoms with van der Waals surface area (Å²) >= 11 is 1.81. The maximum atomic E-state index is 12.5. The number of hydrogen-bond donors (Lipinski definition) is 1. The predicted octanol–water partition coefficient (Wildman–Crippen LogP) is 0.619. The lowest BCUT2D eigenvalue weighted by molar-refractivity contribution is 0.394. The molecule has 0 aromatic carbocycles. The Bertz CT molecular complexity index is 523. The molecule has 1 aliphatic rings. The molecule has 1 aliphatic heterocycles. The molecule has 0 saturated carbocycles. The zero-order valence-electron chi connectivity index (χ0n) is 11.9. The topological polar surface area (TPSA) is 67.2 Å². The van der Waals surface area contributed by atoms with E-state index >= 15 is 0 Å². The summed E-state index contributed by atoms with van der Waals surface area (Å²) in [5.41, 5.74) is 0. The summed E-state index contributed by atoms with van der Waals surface area (Å²) in [5.74, 6) is 1.92. The van der Waals surface area contributed by atoms with Crippen LogP contribution in [0.4, 0.5) is 0 Å². The summed E-state index contributed by atoms with van der Waals surface area (Å²) in [7, 11) is 0.156. The van der Waals surface area contributed by atoms with Crippen LogP contribution in [-0.4, -0.2) is 60.7 Å². The largest absolute Gasteiger partial charge is 0.320 e. The number of sulfonamides is 1. The second-order valence-electron chi connectivity index (χ2n) is 4.93. The summed E-state index contributed by atoms with van der Waals surface area (Å²) in [5, 5.41) is 7.20. The maximum absolute atomic E-state index is 12.5. The van der Waals surface area contributed by atoms with Gasteiger partial charge >= 0.3 is 0 Å². The molecule has 0 amide bonds. The third kappa shape index (κ3) is 3.55. The second-order valence-corrected chi connectivity index (χ2v) is 8.08. The average Bonchev–Trinajstić information content (AvgIpc) is 3.09. The van der Waals surface area contributed by atoms with Gasteiger partial charge in [-0.15, -0.1) is 0 Å². The Kier molecular flexibility index (Phi) is 5.48. The molecule has 1 atom stereocenters. The number of aryl methyl sites for hydroxylation is 1. The average molecular weight is 318 g/mol. The van der Waals surface area contributed by atoms with E-state index in [1.165, 1.54) is 10.5 Å². The van der Waals surface area contributed by atoms with Crippen molar-refractivity contribution in [2.24, 2.45) is 0 Å². The van der Waals surface area contributed by atoms with Crippen molar-refractivity contribution in [1.29, 1.82) is 0 Å². The Balaban J connectivity index is 2.05. The smallest absolute Gasteiger partial charge is 0.246 e. The van der Waals surface area contributed by atoms with Crippen LogP contribution in [0.3, 0.4) is 0 Å². The van der Waals surface area contributed by atoms with Crippen LogP contribution in [-0.2, 0) is 16.6 Å². The molecule has 114 valence electrons. The third-order valence-electron chi connectivity index (χ3n) is 3.52. The summed E-state index contributed by atoms with van der Waals surface area (Å²) in [6.07, 6.45) is 4.93. The van der Waals surface area contributed by atoms with E-state index in [2.05, 4.69) is 10.4 Å². The van der Waals surface area contributed by atoms with E-state index in [-0.39, 0.29) is 6.04 Å². The standard InChI is InChI=1S/C12H22N4O2S2/c1-13-5-3-6-16-9-12(8-14-16)20(17,18)15(2)11-4-7-19-10-11/h8-9,11,13H,3-7,10H2,1-2H3. The van der Waals surface area contributed by atoms with Crippen molar-refractivity contribution >= 4 is 21.8 Å². The molecule has 0 spiro atoms. The molecule has 2 heterocycles. The molecule has 0 aliphatic carbocycles. The van der Waals surface area contributed by atoms with Gasteiger partial charge in [0.2, 0.25) is 10.0 Å². The van der Waals surface area contributed by atoms with Crippen molar-refractivity contribution in [2.75, 3.05) is 32.1 Å². The number of hydrogen-bond acceptors (Lipinski definition) is 5. The normalized spacial score (nSPS) is 19.9. The van der Waals surface area contributed by atoms with Gasteiger partial charge < -0.3 is 5.32 Å². The molecule has 2 rings (SSSR count). The molecule has 1 aromatic rings. The minimum Gasteiger partial charge on any atom is -0.320 e. The molecule has 0 bridgehead atoms. The first kappa shape index (κ1) is 15.8. The van der Waals surface area contributed by atoms with Crippen LogP contribution in [0.15, 0.2) is 17.3 Å². The molecular weight excluding hydrogens is 296 g/mol. The van der Waals surface area contributed by atoms with E-state index in [0.717, 1.165) is 37.4 Å². The molecule has 20 heavy (non-hydrogen) atoms. The lowest BCUT2D eigenvalue weighted by Crippen LogP contribution is -2.36. The Labute approximate surface area is 125 Å². The Morgan fingerprint density at radius 2 is 2.40 bits per heavy atom. The molecular formula is C12H22N4O2S2. The Morgan fingerprint density at radius 1 is 1.60 bits per heavy atom. The number of nitrogens with one attached hydrogen (secondary N) is 1. The fourth-order valence-corrected chi connectivity index (χ4v) is 4.89. The van der Waals surface area contributed by atoms with Gasteiger partial charge in [-0.05, 0) is 32.2 Å². The first-order valence-corrected chi connectivity index (χ1v) is 9.38. The molecule has 8 heteroatoms. The maximum Gasteiger partial charge on any atom is 0.246 e. The molecule has 1 fully saturated rings. The number of aromatic nitrogens is 2. The van der Waals surface area contributed by atoms with Crippen LogP contribution < -0.4 is 5.32 Å². The Hall–Kier alpha value is -0.570. The van der Waals surface area contributed by atoms with E-state index in [4.69, 9.17) is 0 Å². The van der Waals surface area contributed by atoms with Crippen molar-refractivity contribution in [3.8, 4) is 0 Å². The van der Waals surface area contributed by atoms with E-state index in [0.29, 0.717) is 4.90 Å². The molecule has 0 radical (unpaired) electrons. The van der Waals surface area contributed by atoms with Gasteiger partial charge in [-0.1, -0.05) is 0 Å². The highest BCUT2D eigenvalue weighted by atomic mass is 32.2. The molecule has 1 N–H and O–H groups in total. The SMILES string of the molecule is CNCCCn1cc(S(=O)(=O)N(C)C2CCSC2)cn1. The van der Waals surface area contributed by atoms with Gasteiger partial charge in [0.25, 0.3) is 0 Å². The van der Waals surface area contributed by atoms with Crippen LogP contribution >= 0.6 is 11.8 Å². The number of rotatable bonds is 7. The van der Waals surface area contributed by atoms with Gasteiger partial charge in [0.15, 0.2) is 0 Å². The van der Waals surface area contributed by atoms with Crippen LogP contribution in [0.1, 0.15) is 12.8 Å². The van der Waals surface area contributed by atoms with Crippen LogP contribution in [0.2, 0.25) is 0 Å². The van der Waals surface area contributed by atoms with Crippen LogP contribution in [0, 0.1) is 0 Å². The molecule has 1 aromatic heterocycles. The quantitative estimate of drug-likeness (QED) is 0.747. The van der Waals surface area contributed by atoms with Gasteiger partial charge in [-0.2, -0.15) is 21.2 Å². The second kappa shape index (κ2) is 6.93. The highest BCUT2D eigenvalue weighted by molar-refractivity contribution is 7.99. The van der Waals surface area contributed by atoms with Gasteiger partial charge in [-0.25, -0.2) is 8.42 Å². The van der Waals surface area contributed by atoms with Crippen molar-refractivity contribution in [3.05, 3.63) is 12.4 Å². The minimum absolute atomic E-state index is 0.109. The van der Waals surface area contributed by atoms with Crippen molar-refractivity contribution in [3.63, 3.8) is 0 Å². The van der Waals surface area contributed by atoms with E-state index in [1.807, 2.05) is 7.05 Å². The van der Waals surface area contributed by atoms with Crippen molar-refractivity contribution in [1.82, 2.24) is 19.4 Å². The molecule has 1 unspecified atom stereocenters. The molecule has 6 nitrogen and oxygen atoms in total. The van der Waals surface area contributed by atoms with Gasteiger partial charge in [-0.3, -0.25) is 4.68 Å². The fourth-order valence-electron chi connectivity index (χ4n) is 2.19. The third-order valence-corrected chi connectivity index (χ3v) is 6.53. The zero-order chi connectivity index (χ0) is 14.6. The summed E-state index contributed by atoms with van der Waals surface area (Å²) in [6.45, 7) is 1.61. The van der Waals surface area contributed by atoms with Crippen molar-refractivity contribution in [2.45, 2.75) is 30.3 Å². The van der Waals surface area contributed by atoms with Crippen LogP contribution in [0.25, 0.3) is 0 Å². The number of nitrogens with zero attached hydrogens (tertiary/aromatic N) is 3. The summed E-state index contributed by atoms with van der Waals surface area (Å²) in [6, 6.07) is 0.109. The Morgan fingerprint density at radius 3 is 3.05 bits per heavy atom. The lowest BCUT2D eigenvalue weighted by Gasteiger charge is -2.22. The predicted molar refractivity (Wildman–Crippen MR) is 81.4 cm³/mol. The highest BCUT2D eigenvalue weighted by Gasteiger charge is 2.31. The fraction of sp³-hybridized carbons (Fsp3) is 0.750. The van der Waals surface area contributed by atoms with Gasteiger partial charge in [0.1, 0.15) is 4.90 Å². The number of thioether (sulfide) groups is 1. The zero-order valence-corrected chi connectivity index (χ0v) is 13.6. The monoisotopic (exact) mass is 318 g/mol. The van der Waals surface area contributed by atoms with E-state index < -0.39 is 10.0 Å². The van der Waals surface area contributed by atoms with Crippen LogP contribution in [0.5, 0.6) is 0 Å². The summed E-state index contributed by atoms with van der Waals surface area (Å²) < 4.78 is 28.2. The molecule has 1 saturated heterocycles. The lowest BCUT2D eigenvalue weighted by atomic mass is 10.3. The first-order chi connectivity index (χ1) is 9.55. The van der Waals surface area contributed by atoms with E-state index in [9.17, 15) is 8.42 Å². The van der Waals surface area contributed by atoms with E-state index in [1.54, 1.807) is 29.7 Å².